The fraction of sp³-hybridized carbons (Fsp3) is 1.00. The molecule has 1 aliphatic heterocycles. The molecule has 6 N–H and O–H groups in total. The SMILES string of the molecule is [NH3+][C@H]1[C@@H](OP(=O)([O-])[O-])O[C@H](CO)[C@H](O)[C@@H]1O. The topological polar surface area (TPSA) is 170 Å². The summed E-state index contributed by atoms with van der Waals surface area (Å²) in [6.45, 7) is -0.660. The zero-order valence-electron chi connectivity index (χ0n) is 8.13. The van der Waals surface area contributed by atoms with E-state index in [4.69, 9.17) is 9.84 Å². The highest BCUT2D eigenvalue weighted by Crippen LogP contribution is 2.32. The lowest BCUT2D eigenvalue weighted by molar-refractivity contribution is -0.500. The van der Waals surface area contributed by atoms with Crippen LogP contribution in [0.5, 0.6) is 0 Å². The van der Waals surface area contributed by atoms with Crippen LogP contribution in [-0.4, -0.2) is 52.6 Å². The zero-order valence-corrected chi connectivity index (χ0v) is 9.03. The Morgan fingerprint density at radius 1 is 1.38 bits per heavy atom. The molecule has 9 nitrogen and oxygen atoms in total. The first-order valence-corrected chi connectivity index (χ1v) is 5.88. The molecule has 1 aliphatic rings. The summed E-state index contributed by atoms with van der Waals surface area (Å²) in [6, 6.07) is -1.16. The highest BCUT2D eigenvalue weighted by atomic mass is 31.2. The second-order valence-corrected chi connectivity index (χ2v) is 4.53. The second-order valence-electron chi connectivity index (χ2n) is 3.42. The van der Waals surface area contributed by atoms with Crippen LogP contribution in [0.4, 0.5) is 0 Å². The third-order valence-electron chi connectivity index (χ3n) is 2.24. The molecule has 0 aromatic rings. The summed E-state index contributed by atoms with van der Waals surface area (Å²) >= 11 is 0. The molecule has 5 atom stereocenters. The van der Waals surface area contributed by atoms with E-state index in [1.54, 1.807) is 0 Å². The molecule has 0 bridgehead atoms. The molecule has 0 aromatic heterocycles. The number of quaternary nitrogens is 1. The maximum atomic E-state index is 10.4. The van der Waals surface area contributed by atoms with Gasteiger partial charge >= 0.3 is 0 Å². The van der Waals surface area contributed by atoms with Crippen molar-refractivity contribution in [2.45, 2.75) is 30.6 Å². The Labute approximate surface area is 90.6 Å². The average molecular weight is 258 g/mol. The van der Waals surface area contributed by atoms with Crippen LogP contribution in [0.3, 0.4) is 0 Å². The van der Waals surface area contributed by atoms with Gasteiger partial charge in [-0.2, -0.15) is 0 Å². The van der Waals surface area contributed by atoms with Gasteiger partial charge in [0.1, 0.15) is 18.3 Å². The van der Waals surface area contributed by atoms with E-state index in [-0.39, 0.29) is 0 Å². The first kappa shape index (κ1) is 14.0. The number of ether oxygens (including phenoxy) is 1. The van der Waals surface area contributed by atoms with Crippen LogP contribution in [0.25, 0.3) is 0 Å². The lowest BCUT2D eigenvalue weighted by atomic mass is 9.98. The second kappa shape index (κ2) is 5.05. The Kier molecular flexibility index (Phi) is 4.41. The van der Waals surface area contributed by atoms with Gasteiger partial charge in [0.05, 0.1) is 14.4 Å². The van der Waals surface area contributed by atoms with Crippen molar-refractivity contribution in [2.75, 3.05) is 6.61 Å². The lowest BCUT2D eigenvalue weighted by Crippen LogP contribution is -2.78. The van der Waals surface area contributed by atoms with Crippen molar-refractivity contribution in [3.63, 3.8) is 0 Å². The Bertz CT molecular complexity index is 280. The minimum Gasteiger partial charge on any atom is -0.790 e. The van der Waals surface area contributed by atoms with Crippen molar-refractivity contribution in [1.29, 1.82) is 0 Å². The minimum absolute atomic E-state index is 0.660. The number of aliphatic hydroxyl groups excluding tert-OH is 3. The summed E-state index contributed by atoms with van der Waals surface area (Å²) in [4.78, 5) is 20.7. The molecular formula is C6H13NO8P-. The summed E-state index contributed by atoms with van der Waals surface area (Å²) in [7, 11) is -5.29. The first-order valence-electron chi connectivity index (χ1n) is 4.42. The predicted octanol–water partition coefficient (Wildman–Crippen LogP) is -5.12. The quantitative estimate of drug-likeness (QED) is 0.364. The van der Waals surface area contributed by atoms with E-state index in [9.17, 15) is 24.6 Å². The Morgan fingerprint density at radius 2 is 1.94 bits per heavy atom. The number of phosphoric ester groups is 1. The fourth-order valence-electron chi connectivity index (χ4n) is 1.37. The third-order valence-corrected chi connectivity index (χ3v) is 2.71. The molecule has 0 aliphatic carbocycles. The first-order chi connectivity index (χ1) is 7.26. The van der Waals surface area contributed by atoms with Crippen LogP contribution in [0.1, 0.15) is 0 Å². The zero-order chi connectivity index (χ0) is 12.5. The van der Waals surface area contributed by atoms with Gasteiger partial charge in [-0.1, -0.05) is 0 Å². The molecule has 16 heavy (non-hydrogen) atoms. The van der Waals surface area contributed by atoms with E-state index in [0.29, 0.717) is 0 Å². The largest absolute Gasteiger partial charge is 0.790 e. The van der Waals surface area contributed by atoms with Gasteiger partial charge in [-0.3, -0.25) is 0 Å². The molecule has 10 heteroatoms. The maximum Gasteiger partial charge on any atom is 0.217 e. The summed E-state index contributed by atoms with van der Waals surface area (Å²) in [6.07, 6.45) is -5.73. The number of rotatable bonds is 3. The van der Waals surface area contributed by atoms with Gasteiger partial charge in [0, 0.05) is 0 Å². The number of aliphatic hydroxyl groups is 3. The van der Waals surface area contributed by atoms with Gasteiger partial charge in [0.2, 0.25) is 6.29 Å². The third kappa shape index (κ3) is 3.20. The molecule has 0 amide bonds. The lowest BCUT2D eigenvalue weighted by Gasteiger charge is -2.42. The van der Waals surface area contributed by atoms with E-state index in [0.717, 1.165) is 0 Å². The van der Waals surface area contributed by atoms with Crippen LogP contribution in [-0.2, 0) is 13.8 Å². The van der Waals surface area contributed by atoms with Crippen molar-refractivity contribution in [3.8, 4) is 0 Å². The van der Waals surface area contributed by atoms with Crippen LogP contribution >= 0.6 is 7.82 Å². The van der Waals surface area contributed by atoms with Crippen LogP contribution < -0.4 is 15.5 Å². The number of phosphoric acid groups is 1. The van der Waals surface area contributed by atoms with Crippen molar-refractivity contribution < 1.29 is 44.7 Å². The Hall–Kier alpha value is -0.0900. The minimum atomic E-state index is -5.29. The van der Waals surface area contributed by atoms with Gasteiger partial charge in [-0.15, -0.1) is 0 Å². The van der Waals surface area contributed by atoms with Crippen LogP contribution in [0.15, 0.2) is 0 Å². The molecule has 1 rings (SSSR count). The van der Waals surface area contributed by atoms with Gasteiger partial charge in [-0.05, 0) is 0 Å². The maximum absolute atomic E-state index is 10.4. The summed E-state index contributed by atoms with van der Waals surface area (Å²) in [5.41, 5.74) is 3.32. The smallest absolute Gasteiger partial charge is 0.217 e. The highest BCUT2D eigenvalue weighted by Gasteiger charge is 2.45. The highest BCUT2D eigenvalue weighted by molar-refractivity contribution is 7.43. The van der Waals surface area contributed by atoms with E-state index in [1.165, 1.54) is 0 Å². The van der Waals surface area contributed by atoms with E-state index >= 15 is 0 Å². The molecule has 1 heterocycles. The van der Waals surface area contributed by atoms with Gasteiger partial charge in [-0.25, -0.2) is 0 Å². The van der Waals surface area contributed by atoms with E-state index < -0.39 is 45.1 Å². The van der Waals surface area contributed by atoms with Crippen molar-refractivity contribution in [3.05, 3.63) is 0 Å². The van der Waals surface area contributed by atoms with Crippen molar-refractivity contribution >= 4 is 7.82 Å². The molecule has 0 unspecified atom stereocenters. The molecule has 1 saturated heterocycles. The molecule has 0 spiro atoms. The van der Waals surface area contributed by atoms with Crippen LogP contribution in [0.2, 0.25) is 0 Å². The van der Waals surface area contributed by atoms with Crippen LogP contribution in [0, 0.1) is 0 Å². The molecular weight excluding hydrogens is 245 g/mol. The van der Waals surface area contributed by atoms with Gasteiger partial charge < -0.3 is 44.7 Å². The predicted molar refractivity (Wildman–Crippen MR) is 43.1 cm³/mol. The Balaban J connectivity index is 2.75. The molecule has 0 radical (unpaired) electrons. The summed E-state index contributed by atoms with van der Waals surface area (Å²) < 4.78 is 19.2. The Morgan fingerprint density at radius 3 is 2.38 bits per heavy atom. The molecule has 1 fully saturated rings. The number of hydrogen-bond acceptors (Lipinski definition) is 8. The standard InChI is InChI=1S/C6H14NO8P/c7-3-5(10)4(9)2(1-8)14-6(3)15-16(11,12)13/h2-6,8-10H,1,7H2,(H2,11,12,13)/p-1/t2-,3-,4+,5-,6-/m1/s1. The van der Waals surface area contributed by atoms with Crippen molar-refractivity contribution in [2.24, 2.45) is 0 Å². The monoisotopic (exact) mass is 258 g/mol. The van der Waals surface area contributed by atoms with Crippen molar-refractivity contribution in [1.82, 2.24) is 0 Å². The van der Waals surface area contributed by atoms with Gasteiger partial charge in [0.15, 0.2) is 6.04 Å². The normalized spacial score (nSPS) is 41.0. The number of hydrogen-bond donors (Lipinski definition) is 4. The molecule has 0 aromatic carbocycles. The molecule has 96 valence electrons. The van der Waals surface area contributed by atoms with E-state index in [2.05, 4.69) is 10.3 Å². The average Bonchev–Trinajstić information content (AvgIpc) is 2.17. The van der Waals surface area contributed by atoms with Gasteiger partial charge in [0.25, 0.3) is 0 Å². The van der Waals surface area contributed by atoms with E-state index in [1.807, 2.05) is 0 Å². The summed E-state index contributed by atoms with van der Waals surface area (Å²) in [5, 5.41) is 27.6. The molecule has 0 saturated carbocycles. The summed E-state index contributed by atoms with van der Waals surface area (Å²) in [5.74, 6) is 0. The fourth-order valence-corrected chi connectivity index (χ4v) is 1.83.